The molecule has 0 amide bonds. The number of aryl methyl sites for hydroxylation is 2. The molecule has 1 aliphatic rings. The van der Waals surface area contributed by atoms with Crippen molar-refractivity contribution in [3.8, 4) is 0 Å². The van der Waals surface area contributed by atoms with Crippen molar-refractivity contribution in [2.24, 2.45) is 0 Å². The zero-order valence-electron chi connectivity index (χ0n) is 17.5. The molecule has 0 spiro atoms. The van der Waals surface area contributed by atoms with Crippen molar-refractivity contribution in [1.82, 2.24) is 23.9 Å². The molecule has 8 heteroatoms. The first-order valence-corrected chi connectivity index (χ1v) is 11.1. The van der Waals surface area contributed by atoms with Gasteiger partial charge in [0.15, 0.2) is 0 Å². The van der Waals surface area contributed by atoms with Crippen molar-refractivity contribution in [2.75, 3.05) is 40.3 Å². The Morgan fingerprint density at radius 2 is 1.68 bits per heavy atom. The van der Waals surface area contributed by atoms with Gasteiger partial charge in [-0.05, 0) is 26.3 Å². The fourth-order valence-electron chi connectivity index (χ4n) is 3.72. The van der Waals surface area contributed by atoms with E-state index in [0.717, 1.165) is 32.7 Å². The SMILES string of the molecule is Cc1cccc(CN2CCN(Cn3nc(C)c(S(=O)(=O)N(C)C)c3C)CC2)c1. The standard InChI is InChI=1S/C20H31N5O2S/c1-16-7-6-8-19(13-16)14-23-9-11-24(12-10-23)15-25-18(3)20(17(2)21-25)28(26,27)22(4)5/h6-8,13H,9-12,14-15H2,1-5H3. The smallest absolute Gasteiger partial charge is 0.246 e. The van der Waals surface area contributed by atoms with Crippen LogP contribution in [0.5, 0.6) is 0 Å². The summed E-state index contributed by atoms with van der Waals surface area (Å²) in [6.07, 6.45) is 0. The summed E-state index contributed by atoms with van der Waals surface area (Å²) in [7, 11) is -0.373. The van der Waals surface area contributed by atoms with Crippen LogP contribution in [0.15, 0.2) is 29.2 Å². The first kappa shape index (κ1) is 21.0. The van der Waals surface area contributed by atoms with Gasteiger partial charge in [0, 0.05) is 46.8 Å². The molecule has 0 atom stereocenters. The lowest BCUT2D eigenvalue weighted by atomic mass is 10.1. The lowest BCUT2D eigenvalue weighted by molar-refractivity contribution is 0.0978. The molecule has 3 rings (SSSR count). The second-order valence-corrected chi connectivity index (χ2v) is 9.90. The average molecular weight is 406 g/mol. The van der Waals surface area contributed by atoms with E-state index in [1.54, 1.807) is 21.0 Å². The van der Waals surface area contributed by atoms with E-state index in [9.17, 15) is 8.42 Å². The maximum absolute atomic E-state index is 12.6. The lowest BCUT2D eigenvalue weighted by Gasteiger charge is -2.34. The highest BCUT2D eigenvalue weighted by molar-refractivity contribution is 7.89. The monoisotopic (exact) mass is 405 g/mol. The molecule has 0 saturated carbocycles. The third kappa shape index (κ3) is 4.46. The fourth-order valence-corrected chi connectivity index (χ4v) is 4.98. The predicted octanol–water partition coefficient (Wildman–Crippen LogP) is 1.83. The molecule has 0 N–H and O–H groups in total. The molecule has 1 aromatic heterocycles. The van der Waals surface area contributed by atoms with Crippen LogP contribution in [0.25, 0.3) is 0 Å². The summed E-state index contributed by atoms with van der Waals surface area (Å²) in [6.45, 7) is 11.2. The molecule has 28 heavy (non-hydrogen) atoms. The van der Waals surface area contributed by atoms with Crippen LogP contribution in [0, 0.1) is 20.8 Å². The molecule has 1 aromatic carbocycles. The molecular weight excluding hydrogens is 374 g/mol. The molecule has 1 fully saturated rings. The van der Waals surface area contributed by atoms with Gasteiger partial charge in [-0.3, -0.25) is 14.5 Å². The quantitative estimate of drug-likeness (QED) is 0.734. The van der Waals surface area contributed by atoms with Gasteiger partial charge in [-0.25, -0.2) is 12.7 Å². The van der Waals surface area contributed by atoms with Crippen molar-refractivity contribution >= 4 is 10.0 Å². The fraction of sp³-hybridized carbons (Fsp3) is 0.550. The van der Waals surface area contributed by atoms with Crippen molar-refractivity contribution in [3.05, 3.63) is 46.8 Å². The molecule has 1 saturated heterocycles. The van der Waals surface area contributed by atoms with Gasteiger partial charge in [0.1, 0.15) is 4.90 Å². The average Bonchev–Trinajstić information content (AvgIpc) is 2.90. The molecule has 154 valence electrons. The minimum atomic E-state index is -3.48. The summed E-state index contributed by atoms with van der Waals surface area (Å²) >= 11 is 0. The normalized spacial score (nSPS) is 16.8. The van der Waals surface area contributed by atoms with Crippen LogP contribution in [-0.2, 0) is 23.2 Å². The van der Waals surface area contributed by atoms with Crippen molar-refractivity contribution < 1.29 is 8.42 Å². The second kappa shape index (κ2) is 8.32. The van der Waals surface area contributed by atoms with E-state index in [0.29, 0.717) is 23.0 Å². The highest BCUT2D eigenvalue weighted by Crippen LogP contribution is 2.22. The number of hydrogen-bond donors (Lipinski definition) is 0. The number of aromatic nitrogens is 2. The maximum Gasteiger partial charge on any atom is 0.246 e. The van der Waals surface area contributed by atoms with Crippen LogP contribution in [0.1, 0.15) is 22.5 Å². The van der Waals surface area contributed by atoms with E-state index < -0.39 is 10.0 Å². The Bertz CT molecular complexity index is 928. The van der Waals surface area contributed by atoms with E-state index in [1.165, 1.54) is 15.4 Å². The Labute approximate surface area is 168 Å². The van der Waals surface area contributed by atoms with Gasteiger partial charge in [0.25, 0.3) is 0 Å². The first-order chi connectivity index (χ1) is 13.2. The lowest BCUT2D eigenvalue weighted by Crippen LogP contribution is -2.46. The molecular formula is C20H31N5O2S. The molecule has 2 aromatic rings. The highest BCUT2D eigenvalue weighted by atomic mass is 32.2. The molecule has 0 radical (unpaired) electrons. The Morgan fingerprint density at radius 3 is 2.29 bits per heavy atom. The Morgan fingerprint density at radius 1 is 1.04 bits per heavy atom. The summed E-state index contributed by atoms with van der Waals surface area (Å²) in [4.78, 5) is 5.13. The largest absolute Gasteiger partial charge is 0.297 e. The van der Waals surface area contributed by atoms with Crippen LogP contribution < -0.4 is 0 Å². The molecule has 0 bridgehead atoms. The number of piperazine rings is 1. The number of rotatable bonds is 6. The van der Waals surface area contributed by atoms with E-state index in [4.69, 9.17) is 0 Å². The van der Waals surface area contributed by atoms with E-state index in [1.807, 2.05) is 11.6 Å². The number of benzene rings is 1. The van der Waals surface area contributed by atoms with Gasteiger partial charge in [0.2, 0.25) is 10.0 Å². The van der Waals surface area contributed by atoms with Crippen LogP contribution in [0.4, 0.5) is 0 Å². The zero-order chi connectivity index (χ0) is 20.5. The van der Waals surface area contributed by atoms with Gasteiger partial charge < -0.3 is 0 Å². The first-order valence-electron chi connectivity index (χ1n) is 9.65. The Kier molecular flexibility index (Phi) is 6.24. The third-order valence-corrected chi connectivity index (χ3v) is 7.41. The second-order valence-electron chi connectivity index (χ2n) is 7.81. The van der Waals surface area contributed by atoms with E-state index >= 15 is 0 Å². The number of hydrogen-bond acceptors (Lipinski definition) is 5. The van der Waals surface area contributed by atoms with Crippen molar-refractivity contribution in [3.63, 3.8) is 0 Å². The van der Waals surface area contributed by atoms with Crippen LogP contribution in [-0.4, -0.2) is 72.6 Å². The van der Waals surface area contributed by atoms with E-state index in [2.05, 4.69) is 46.1 Å². The predicted molar refractivity (Wildman–Crippen MR) is 111 cm³/mol. The summed E-state index contributed by atoms with van der Waals surface area (Å²) in [6, 6.07) is 8.67. The zero-order valence-corrected chi connectivity index (χ0v) is 18.3. The molecule has 0 unspecified atom stereocenters. The van der Waals surface area contributed by atoms with Crippen LogP contribution in [0.3, 0.4) is 0 Å². The molecule has 1 aliphatic heterocycles. The van der Waals surface area contributed by atoms with Gasteiger partial charge in [-0.2, -0.15) is 5.10 Å². The summed E-state index contributed by atoms with van der Waals surface area (Å²) < 4.78 is 28.2. The van der Waals surface area contributed by atoms with Gasteiger partial charge in [-0.1, -0.05) is 29.8 Å². The van der Waals surface area contributed by atoms with Gasteiger partial charge >= 0.3 is 0 Å². The highest BCUT2D eigenvalue weighted by Gasteiger charge is 2.27. The van der Waals surface area contributed by atoms with Crippen molar-refractivity contribution in [1.29, 1.82) is 0 Å². The summed E-state index contributed by atoms with van der Waals surface area (Å²) in [5.74, 6) is 0. The number of sulfonamides is 1. The summed E-state index contributed by atoms with van der Waals surface area (Å²) in [5.41, 5.74) is 3.91. The topological polar surface area (TPSA) is 61.7 Å². The Balaban J connectivity index is 1.62. The van der Waals surface area contributed by atoms with Gasteiger partial charge in [-0.15, -0.1) is 0 Å². The minimum Gasteiger partial charge on any atom is -0.297 e. The number of nitrogens with zero attached hydrogens (tertiary/aromatic N) is 5. The van der Waals surface area contributed by atoms with Crippen LogP contribution >= 0.6 is 0 Å². The molecule has 7 nitrogen and oxygen atoms in total. The Hall–Kier alpha value is -1.74. The maximum atomic E-state index is 12.6. The molecule has 0 aliphatic carbocycles. The van der Waals surface area contributed by atoms with Crippen LogP contribution in [0.2, 0.25) is 0 Å². The van der Waals surface area contributed by atoms with Crippen molar-refractivity contribution in [2.45, 2.75) is 38.9 Å². The minimum absolute atomic E-state index is 0.329. The van der Waals surface area contributed by atoms with E-state index in [-0.39, 0.29) is 0 Å². The third-order valence-electron chi connectivity index (χ3n) is 5.34. The summed E-state index contributed by atoms with van der Waals surface area (Å²) in [5, 5.41) is 4.50. The molecule has 2 heterocycles. The van der Waals surface area contributed by atoms with Gasteiger partial charge in [0.05, 0.1) is 18.1 Å².